The molecule has 0 aliphatic rings. The predicted octanol–water partition coefficient (Wildman–Crippen LogP) is 4.90. The molecule has 1 N–H and O–H groups in total. The Morgan fingerprint density at radius 3 is 2.48 bits per heavy atom. The summed E-state index contributed by atoms with van der Waals surface area (Å²) in [5.74, 6) is 0.279. The molecule has 0 saturated heterocycles. The van der Waals surface area contributed by atoms with Crippen LogP contribution < -0.4 is 10.1 Å². The number of nitrogens with one attached hydrogen (secondary N) is 1. The lowest BCUT2D eigenvalue weighted by molar-refractivity contribution is 0.387. The zero-order chi connectivity index (χ0) is 15.4. The highest BCUT2D eigenvalue weighted by molar-refractivity contribution is 6.30. The van der Waals surface area contributed by atoms with Gasteiger partial charge in [0, 0.05) is 22.7 Å². The fourth-order valence-corrected chi connectivity index (χ4v) is 2.64. The van der Waals surface area contributed by atoms with E-state index in [0.29, 0.717) is 16.3 Å². The van der Waals surface area contributed by atoms with Gasteiger partial charge in [0.1, 0.15) is 11.6 Å². The Morgan fingerprint density at radius 1 is 1.10 bits per heavy atom. The molecular weight excluding hydrogens is 289 g/mol. The van der Waals surface area contributed by atoms with Crippen LogP contribution in [-0.2, 0) is 0 Å². The fourth-order valence-electron chi connectivity index (χ4n) is 2.45. The number of rotatable bonds is 5. The van der Waals surface area contributed by atoms with Crippen molar-refractivity contribution in [3.05, 3.63) is 64.4 Å². The zero-order valence-electron chi connectivity index (χ0n) is 12.4. The summed E-state index contributed by atoms with van der Waals surface area (Å²) in [6.07, 6.45) is 0. The van der Waals surface area contributed by atoms with E-state index in [1.807, 2.05) is 38.1 Å². The minimum Gasteiger partial charge on any atom is -0.496 e. The van der Waals surface area contributed by atoms with Gasteiger partial charge in [0.15, 0.2) is 0 Å². The first-order valence-electron chi connectivity index (χ1n) is 6.87. The molecule has 2 rings (SSSR count). The predicted molar refractivity (Wildman–Crippen MR) is 84.4 cm³/mol. The molecule has 21 heavy (non-hydrogen) atoms. The minimum absolute atomic E-state index is 0.0445. The lowest BCUT2D eigenvalue weighted by Gasteiger charge is -2.23. The van der Waals surface area contributed by atoms with Gasteiger partial charge in [-0.15, -0.1) is 0 Å². The van der Waals surface area contributed by atoms with E-state index in [9.17, 15) is 4.39 Å². The highest BCUT2D eigenvalue weighted by Gasteiger charge is 2.18. The molecule has 112 valence electrons. The van der Waals surface area contributed by atoms with Crippen molar-refractivity contribution < 1.29 is 9.13 Å². The van der Waals surface area contributed by atoms with E-state index in [1.165, 1.54) is 6.07 Å². The van der Waals surface area contributed by atoms with Crippen LogP contribution in [-0.4, -0.2) is 7.11 Å². The maximum atomic E-state index is 14.1. The van der Waals surface area contributed by atoms with Gasteiger partial charge >= 0.3 is 0 Å². The van der Waals surface area contributed by atoms with Gasteiger partial charge in [0.05, 0.1) is 7.11 Å². The van der Waals surface area contributed by atoms with Crippen molar-refractivity contribution in [2.45, 2.75) is 25.9 Å². The maximum Gasteiger partial charge on any atom is 0.131 e. The highest BCUT2D eigenvalue weighted by Crippen LogP contribution is 2.29. The summed E-state index contributed by atoms with van der Waals surface area (Å²) in [6.45, 7) is 3.94. The van der Waals surface area contributed by atoms with Crippen LogP contribution in [0.15, 0.2) is 42.5 Å². The number of hydrogen-bond donors (Lipinski definition) is 1. The average Bonchev–Trinajstić information content (AvgIpc) is 2.46. The van der Waals surface area contributed by atoms with Crippen LogP contribution in [0.2, 0.25) is 5.02 Å². The SMILES string of the molecule is COc1cccc(F)c1C(C)N[C@H](C)c1cccc(Cl)c1. The second-order valence-electron chi connectivity index (χ2n) is 5.02. The van der Waals surface area contributed by atoms with Crippen molar-refractivity contribution in [3.8, 4) is 5.75 Å². The molecule has 0 heterocycles. The van der Waals surface area contributed by atoms with Gasteiger partial charge in [0.25, 0.3) is 0 Å². The van der Waals surface area contributed by atoms with E-state index >= 15 is 0 Å². The number of ether oxygens (including phenoxy) is 1. The summed E-state index contributed by atoms with van der Waals surface area (Å²) in [5, 5.41) is 4.07. The van der Waals surface area contributed by atoms with Crippen LogP contribution in [0.4, 0.5) is 4.39 Å². The Bertz CT molecular complexity index is 617. The number of methoxy groups -OCH3 is 1. The molecule has 0 radical (unpaired) electrons. The third-order valence-corrected chi connectivity index (χ3v) is 3.75. The van der Waals surface area contributed by atoms with Gasteiger partial charge < -0.3 is 10.1 Å². The van der Waals surface area contributed by atoms with Crippen molar-refractivity contribution in [3.63, 3.8) is 0 Å². The van der Waals surface area contributed by atoms with Crippen LogP contribution in [0.3, 0.4) is 0 Å². The second-order valence-corrected chi connectivity index (χ2v) is 5.46. The lowest BCUT2D eigenvalue weighted by atomic mass is 10.0. The fraction of sp³-hybridized carbons (Fsp3) is 0.294. The summed E-state index contributed by atoms with van der Waals surface area (Å²) in [6, 6.07) is 12.4. The normalized spacial score (nSPS) is 13.8. The number of benzene rings is 2. The summed E-state index contributed by atoms with van der Waals surface area (Å²) >= 11 is 6.01. The molecule has 4 heteroatoms. The molecule has 2 aromatic rings. The molecule has 2 atom stereocenters. The summed E-state index contributed by atoms with van der Waals surface area (Å²) in [5.41, 5.74) is 1.60. The van der Waals surface area contributed by atoms with Crippen LogP contribution in [0.1, 0.15) is 37.1 Å². The lowest BCUT2D eigenvalue weighted by Crippen LogP contribution is -2.23. The van der Waals surface area contributed by atoms with E-state index in [-0.39, 0.29) is 17.9 Å². The van der Waals surface area contributed by atoms with Crippen molar-refractivity contribution in [1.82, 2.24) is 5.32 Å². The number of halogens is 2. The first-order chi connectivity index (χ1) is 10.0. The molecule has 0 fully saturated rings. The smallest absolute Gasteiger partial charge is 0.131 e. The van der Waals surface area contributed by atoms with Crippen LogP contribution in [0.25, 0.3) is 0 Å². The van der Waals surface area contributed by atoms with E-state index in [4.69, 9.17) is 16.3 Å². The Labute approximate surface area is 129 Å². The summed E-state index contributed by atoms with van der Waals surface area (Å²) < 4.78 is 19.3. The van der Waals surface area contributed by atoms with E-state index in [2.05, 4.69) is 5.32 Å². The zero-order valence-corrected chi connectivity index (χ0v) is 13.1. The molecule has 1 unspecified atom stereocenters. The van der Waals surface area contributed by atoms with E-state index in [0.717, 1.165) is 5.56 Å². The van der Waals surface area contributed by atoms with Gasteiger partial charge in [-0.25, -0.2) is 4.39 Å². The van der Waals surface area contributed by atoms with Gasteiger partial charge in [-0.1, -0.05) is 29.8 Å². The molecule has 0 aromatic heterocycles. The Balaban J connectivity index is 2.20. The molecule has 0 amide bonds. The first kappa shape index (κ1) is 15.8. The monoisotopic (exact) mass is 307 g/mol. The molecule has 2 aromatic carbocycles. The van der Waals surface area contributed by atoms with Crippen molar-refractivity contribution >= 4 is 11.6 Å². The van der Waals surface area contributed by atoms with Gasteiger partial charge in [-0.3, -0.25) is 0 Å². The van der Waals surface area contributed by atoms with Gasteiger partial charge in [0.2, 0.25) is 0 Å². The Kier molecular flexibility index (Phi) is 5.21. The Hall–Kier alpha value is -1.58. The summed E-state index contributed by atoms with van der Waals surface area (Å²) in [4.78, 5) is 0. The molecule has 0 aliphatic heterocycles. The first-order valence-corrected chi connectivity index (χ1v) is 7.24. The van der Waals surface area contributed by atoms with Crippen molar-refractivity contribution in [1.29, 1.82) is 0 Å². The van der Waals surface area contributed by atoms with E-state index in [1.54, 1.807) is 19.2 Å². The maximum absolute atomic E-state index is 14.1. The molecular formula is C17H19ClFNO. The standard InChI is InChI=1S/C17H19ClFNO/c1-11(13-6-4-7-14(18)10-13)20-12(2)17-15(19)8-5-9-16(17)21-3/h4-12,20H,1-3H3/t11-,12?/m1/s1. The molecule has 0 spiro atoms. The van der Waals surface area contributed by atoms with E-state index < -0.39 is 0 Å². The molecule has 0 aliphatic carbocycles. The molecule has 0 saturated carbocycles. The Morgan fingerprint density at radius 2 is 1.81 bits per heavy atom. The number of hydrogen-bond acceptors (Lipinski definition) is 2. The van der Waals surface area contributed by atoms with Crippen molar-refractivity contribution in [2.75, 3.05) is 7.11 Å². The minimum atomic E-state index is -0.271. The van der Waals surface area contributed by atoms with Crippen LogP contribution >= 0.6 is 11.6 Å². The molecule has 0 bridgehead atoms. The van der Waals surface area contributed by atoms with Gasteiger partial charge in [-0.2, -0.15) is 0 Å². The largest absolute Gasteiger partial charge is 0.496 e. The average molecular weight is 308 g/mol. The van der Waals surface area contributed by atoms with Gasteiger partial charge in [-0.05, 0) is 43.7 Å². The third kappa shape index (κ3) is 3.74. The van der Waals surface area contributed by atoms with Crippen LogP contribution in [0.5, 0.6) is 5.75 Å². The van der Waals surface area contributed by atoms with Crippen LogP contribution in [0, 0.1) is 5.82 Å². The highest BCUT2D eigenvalue weighted by atomic mass is 35.5. The topological polar surface area (TPSA) is 21.3 Å². The summed E-state index contributed by atoms with van der Waals surface area (Å²) in [7, 11) is 1.55. The molecule has 2 nitrogen and oxygen atoms in total. The quantitative estimate of drug-likeness (QED) is 0.848. The second kappa shape index (κ2) is 6.92. The van der Waals surface area contributed by atoms with Crippen molar-refractivity contribution in [2.24, 2.45) is 0 Å². The third-order valence-electron chi connectivity index (χ3n) is 3.51.